The van der Waals surface area contributed by atoms with Gasteiger partial charge >= 0.3 is 30.8 Å². The van der Waals surface area contributed by atoms with Crippen LogP contribution in [0, 0.1) is 89.6 Å². The number of piperidine rings is 5. The molecule has 6 aliphatic heterocycles. The molecule has 9 aliphatic carbocycles. The molecule has 0 radical (unpaired) electrons. The van der Waals surface area contributed by atoms with Crippen molar-refractivity contribution in [2.45, 2.75) is 509 Å². The van der Waals surface area contributed by atoms with Crippen molar-refractivity contribution in [3.8, 4) is 6.07 Å². The van der Waals surface area contributed by atoms with Crippen LogP contribution in [0.1, 0.15) is 423 Å². The predicted molar refractivity (Wildman–Crippen MR) is 549 cm³/mol. The number of phosphoric ester groups is 2. The van der Waals surface area contributed by atoms with Gasteiger partial charge in [0.1, 0.15) is 25.9 Å². The van der Waals surface area contributed by atoms with Gasteiger partial charge in [0, 0.05) is 84.4 Å². The highest BCUT2D eigenvalue weighted by Gasteiger charge is 2.63. The van der Waals surface area contributed by atoms with Crippen molar-refractivity contribution in [3.63, 3.8) is 0 Å². The Morgan fingerprint density at radius 2 is 0.655 bits per heavy atom. The lowest BCUT2D eigenvalue weighted by molar-refractivity contribution is -0.295. The van der Waals surface area contributed by atoms with Crippen LogP contribution < -0.4 is 0 Å². The molecule has 0 amide bonds. The second-order valence-electron chi connectivity index (χ2n) is 48.8. The van der Waals surface area contributed by atoms with Crippen molar-refractivity contribution in [1.29, 1.82) is 5.26 Å². The van der Waals surface area contributed by atoms with Crippen LogP contribution in [-0.4, -0.2) is 234 Å². The van der Waals surface area contributed by atoms with Crippen molar-refractivity contribution in [1.82, 2.24) is 25.3 Å². The maximum absolute atomic E-state index is 13.5. The number of hydrogen-bond donors (Lipinski definition) is 7. The molecule has 7 N–H and O–H groups in total. The molecule has 15 rings (SSSR count). The van der Waals surface area contributed by atoms with Crippen molar-refractivity contribution >= 4 is 30.8 Å². The fourth-order valence-corrected chi connectivity index (χ4v) is 34.0. The Balaban J connectivity index is 0.000000177. The summed E-state index contributed by atoms with van der Waals surface area (Å²) >= 11 is 0. The Kier molecular flexibility index (Phi) is 45.5. The number of rotatable bonds is 30. The molecule has 0 aromatic carbocycles. The molecule has 820 valence electrons. The first-order valence-corrected chi connectivity index (χ1v) is 62.5. The Bertz CT molecular complexity index is 3870. The van der Waals surface area contributed by atoms with E-state index < -0.39 is 48.3 Å². The number of nitrogens with zero attached hydrogens (tertiary/aromatic N) is 8. The van der Waals surface area contributed by atoms with Gasteiger partial charge in [-0.25, -0.2) is 22.3 Å². The van der Waals surface area contributed by atoms with Crippen molar-refractivity contribution in [2.24, 2.45) is 65.1 Å². The molecule has 7 atom stereocenters. The second kappa shape index (κ2) is 53.5. The van der Waals surface area contributed by atoms with Crippen molar-refractivity contribution in [2.75, 3.05) is 86.8 Å². The predicted octanol–water partition coefficient (Wildman–Crippen LogP) is 26.5. The summed E-state index contributed by atoms with van der Waals surface area (Å²) in [5.41, 5.74) is -1.36. The first kappa shape index (κ1) is 121. The standard InChI is InChI=1S/C31H52N4O9P2.C22H43NO9P2.C19H35NO2.C18H33NO.C17H31NO2/c1-6-19-41-46(38,42-20-7-16-32)44-29-10-14-31(15-11-29)24-27(26(2)3)23-30(35(31)36)12-8-28(9-13-30)43-45(37,40-22-18-34-5)25-39-21-17-33-4;1-17(2)18-14-21(10-6-19(7-11-21)31-33(26,16-24)28-3)23(25)22(15-18)12-8-20(9-13-22)32-34(27,29-4)30-5;1-14(2)16-12-18(8-4-15(3)5-9-18)20(22)19(13-16)10-6-17(21)7-11-19;1-15(2)16-13-17(9-5-3-6-10-17)19(20)18(14-16)11-7-4-8-12-18;1-14(2)15-12-16(6-4-3-5-7-16)18(19)17(13-15)8-10-20-11-9-17/h26-29,36H,6-15,17-25H2,1-3H3;17-20,24-25H,6-16H2,1-5H3;14-17,21-22H,4-13H2,1-3H3;15-16,20H,3-14H2,1-2H3;14-15,19H,3-13H2,1-2H3. The minimum Gasteiger partial charge on any atom is -0.393 e. The number of nitriles is 1. The normalized spacial score (nSPS) is 35.9. The Morgan fingerprint density at radius 3 is 0.951 bits per heavy atom. The van der Waals surface area contributed by atoms with Crippen LogP contribution >= 0.6 is 30.8 Å². The first-order valence-electron chi connectivity index (χ1n) is 56.2. The highest BCUT2D eigenvalue weighted by molar-refractivity contribution is 7.54. The average Bonchev–Trinajstić information content (AvgIpc) is 0.728. The Labute approximate surface area is 855 Å². The van der Waals surface area contributed by atoms with Gasteiger partial charge in [0.2, 0.25) is 13.1 Å². The van der Waals surface area contributed by atoms with Gasteiger partial charge in [-0.05, 0) is 341 Å². The molecule has 15 fully saturated rings. The molecule has 31 nitrogen and oxygen atoms in total. The van der Waals surface area contributed by atoms with Gasteiger partial charge in [-0.2, -0.15) is 30.6 Å². The fourth-order valence-electron chi connectivity index (χ4n) is 29.1. The monoisotopic (exact) mass is 2080 g/mol. The highest BCUT2D eigenvalue weighted by atomic mass is 31.2. The van der Waals surface area contributed by atoms with E-state index in [9.17, 15) is 54.5 Å². The summed E-state index contributed by atoms with van der Waals surface area (Å²) in [6.45, 7) is 43.5. The van der Waals surface area contributed by atoms with Crippen LogP contribution in [0.2, 0.25) is 0 Å². The SMILES string of the molecule is CC(C)C1CC2(CCCCC2)N(O)C2(CCCCC2)C1.CC(C)C1CC2(CCCCC2)N(O)C2(CCOCC2)C1.CC1CCC2(CC1)CC(C(C)C)CC1(CCC(O)CC1)N2O.COP(=O)(CO)OC1CCC2(CC1)CC(C(C)C)CC1(CCC(OP(=O)(OC)OC)CC1)N2O.[C-]#[N+]CCOCP(=O)(OCC[N+]#[C-])OC1CCC2(CC1)CC(C(C)C)CC1(CCC(OP(=O)(OCCC)OCCC#N)CC1)N2O. The zero-order valence-corrected chi connectivity index (χ0v) is 93.9. The van der Waals surface area contributed by atoms with E-state index in [1.807, 2.05) is 28.2 Å². The number of hydrogen-bond acceptors (Lipinski definition) is 29. The van der Waals surface area contributed by atoms with Crippen LogP contribution in [0.4, 0.5) is 0 Å². The maximum atomic E-state index is 13.5. The third-order valence-corrected chi connectivity index (χ3v) is 44.2. The van der Waals surface area contributed by atoms with Gasteiger partial charge in [0.25, 0.3) is 0 Å². The number of ether oxygens (including phenoxy) is 2. The smallest absolute Gasteiger partial charge is 0.393 e. The van der Waals surface area contributed by atoms with Crippen LogP contribution in [0.15, 0.2) is 0 Å². The molecule has 35 heteroatoms. The summed E-state index contributed by atoms with van der Waals surface area (Å²) < 4.78 is 117. The second-order valence-corrected chi connectivity index (χ2v) is 56.3. The lowest BCUT2D eigenvalue weighted by Gasteiger charge is -2.61. The van der Waals surface area contributed by atoms with Gasteiger partial charge in [-0.15, -0.1) is 0 Å². The quantitative estimate of drug-likeness (QED) is 0.0199. The lowest BCUT2D eigenvalue weighted by atomic mass is 9.60. The average molecular weight is 2080 g/mol. The molecule has 6 heterocycles. The maximum Gasteiger partial charge on any atom is 0.475 e. The topological polar surface area (TPSA) is 369 Å². The molecular weight excluding hydrogens is 1890 g/mol. The van der Waals surface area contributed by atoms with E-state index >= 15 is 0 Å². The van der Waals surface area contributed by atoms with Crippen molar-refractivity contribution < 1.29 is 109 Å². The van der Waals surface area contributed by atoms with Crippen molar-refractivity contribution in [3.05, 3.63) is 22.8 Å². The molecular formula is C107H194N8O23P4. The number of phosphoric acid groups is 2. The molecule has 0 bridgehead atoms. The van der Waals surface area contributed by atoms with E-state index in [2.05, 4.69) is 85.9 Å². The Morgan fingerprint density at radius 1 is 0.373 bits per heavy atom. The van der Waals surface area contributed by atoms with E-state index in [4.69, 9.17) is 73.1 Å². The summed E-state index contributed by atoms with van der Waals surface area (Å²) in [6.07, 6.45) is 49.3. The molecule has 0 aromatic heterocycles. The van der Waals surface area contributed by atoms with Gasteiger partial charge in [-0.3, -0.25) is 40.8 Å². The van der Waals surface area contributed by atoms with E-state index in [1.54, 1.807) is 10.1 Å². The molecule has 142 heavy (non-hydrogen) atoms. The van der Waals surface area contributed by atoms with Gasteiger partial charge in [0.05, 0.1) is 61.8 Å². The highest BCUT2D eigenvalue weighted by Crippen LogP contribution is 2.64. The van der Waals surface area contributed by atoms with E-state index in [1.165, 1.54) is 150 Å². The number of aliphatic hydroxyl groups is 2. The minimum absolute atomic E-state index is 0.00275. The summed E-state index contributed by atoms with van der Waals surface area (Å²) in [5.74, 6) is 7.03. The van der Waals surface area contributed by atoms with E-state index in [-0.39, 0.29) is 127 Å². The van der Waals surface area contributed by atoms with E-state index in [0.29, 0.717) is 119 Å². The van der Waals surface area contributed by atoms with Crippen LogP contribution in [0.25, 0.3) is 9.69 Å². The molecule has 6 saturated heterocycles. The van der Waals surface area contributed by atoms with Crippen LogP contribution in [-0.2, 0) is 73.0 Å². The molecule has 15 aliphatic rings. The zero-order valence-electron chi connectivity index (χ0n) is 90.3. The third kappa shape index (κ3) is 29.8. The van der Waals surface area contributed by atoms with Crippen LogP contribution in [0.5, 0.6) is 0 Å². The fraction of sp³-hybridized carbons (Fsp3) is 0.972. The number of hydroxylamine groups is 10. The summed E-state index contributed by atoms with van der Waals surface area (Å²) in [7, 11) is -10.6. The molecule has 9 saturated carbocycles. The largest absolute Gasteiger partial charge is 0.475 e. The zero-order chi connectivity index (χ0) is 103. The minimum atomic E-state index is -3.82. The summed E-state index contributed by atoms with van der Waals surface area (Å²) in [5, 5.41) is 94.5. The molecule has 7 unspecified atom stereocenters. The van der Waals surface area contributed by atoms with Gasteiger partial charge in [0.15, 0.2) is 0 Å². The first-order chi connectivity index (χ1) is 67.5. The third-order valence-electron chi connectivity index (χ3n) is 38.0. The summed E-state index contributed by atoms with van der Waals surface area (Å²) in [4.78, 5) is 6.51. The summed E-state index contributed by atoms with van der Waals surface area (Å²) in [6, 6.07) is 1.98. The molecule has 0 aromatic rings. The van der Waals surface area contributed by atoms with E-state index in [0.717, 1.165) is 165 Å². The van der Waals surface area contributed by atoms with Crippen LogP contribution in [0.3, 0.4) is 0 Å². The Hall–Kier alpha value is -1.57. The van der Waals surface area contributed by atoms with Gasteiger partial charge in [-0.1, -0.05) is 141 Å². The molecule has 10 spiro atoms. The number of aliphatic hydroxyl groups excluding tert-OH is 2. The lowest BCUT2D eigenvalue weighted by Crippen LogP contribution is -2.66. The van der Waals surface area contributed by atoms with Gasteiger partial charge < -0.3 is 69.0 Å².